The van der Waals surface area contributed by atoms with Crippen LogP contribution in [0, 0.1) is 5.82 Å². The normalized spacial score (nSPS) is 15.3. The van der Waals surface area contributed by atoms with Crippen LogP contribution in [-0.4, -0.2) is 39.1 Å². The number of pyridine rings is 1. The van der Waals surface area contributed by atoms with E-state index >= 15 is 0 Å². The molecule has 1 aliphatic rings. The third-order valence-corrected chi connectivity index (χ3v) is 8.42. The number of benzene rings is 2. The molecule has 0 spiro atoms. The van der Waals surface area contributed by atoms with E-state index in [1.807, 2.05) is 0 Å². The minimum absolute atomic E-state index is 0.0667. The van der Waals surface area contributed by atoms with Crippen molar-refractivity contribution in [3.8, 4) is 5.75 Å². The Labute approximate surface area is 234 Å². The van der Waals surface area contributed by atoms with Crippen molar-refractivity contribution in [3.63, 3.8) is 0 Å². The van der Waals surface area contributed by atoms with Gasteiger partial charge in [0, 0.05) is 23.5 Å². The van der Waals surface area contributed by atoms with Crippen LogP contribution >= 0.6 is 23.1 Å². The summed E-state index contributed by atoms with van der Waals surface area (Å²) < 4.78 is 25.7. The first-order chi connectivity index (χ1) is 19.5. The fraction of sp³-hybridized carbons (Fsp3) is 0.107. The molecule has 1 amide bonds. The average Bonchev–Trinajstić information content (AvgIpc) is 3.69. The Morgan fingerprint density at radius 3 is 2.80 bits per heavy atom. The third-order valence-electron chi connectivity index (χ3n) is 6.32. The topological polar surface area (TPSA) is 119 Å². The van der Waals surface area contributed by atoms with Crippen LogP contribution in [0.1, 0.15) is 27.7 Å². The lowest BCUT2D eigenvalue weighted by molar-refractivity contribution is -0.117. The summed E-state index contributed by atoms with van der Waals surface area (Å²) >= 11 is 2.35. The highest BCUT2D eigenvalue weighted by atomic mass is 32.2. The van der Waals surface area contributed by atoms with Gasteiger partial charge in [-0.3, -0.25) is 19.5 Å². The Bertz CT molecular complexity index is 1790. The summed E-state index contributed by atoms with van der Waals surface area (Å²) in [7, 11) is 1.49. The number of rotatable bonds is 8. The van der Waals surface area contributed by atoms with E-state index in [9.17, 15) is 19.1 Å². The molecule has 200 valence electrons. The van der Waals surface area contributed by atoms with Gasteiger partial charge in [-0.1, -0.05) is 59.5 Å². The van der Waals surface area contributed by atoms with Crippen molar-refractivity contribution in [2.45, 2.75) is 16.1 Å². The van der Waals surface area contributed by atoms with Crippen LogP contribution in [0.4, 0.5) is 9.52 Å². The minimum Gasteiger partial charge on any atom is -0.503 e. The summed E-state index contributed by atoms with van der Waals surface area (Å²) in [5, 5.41) is 20.1. The SMILES string of the molecule is COc1cccc2cc(C(=O)C3=C(O)C(=O)N(c4nnc(SCc5ccccc5F)s4)C3c3cccnc3)oc12. The Morgan fingerprint density at radius 2 is 2.02 bits per heavy atom. The number of ether oxygens (including phenoxy) is 1. The largest absolute Gasteiger partial charge is 0.503 e. The standard InChI is InChI=1S/C28H19FN4O5S2/c1-37-19-10-4-7-15-12-20(38-25(15)19)23(34)21-22(16-8-5-11-30-13-16)33(26(36)24(21)35)27-31-32-28(40-27)39-14-17-6-2-3-9-18(17)29/h2-13,22,35H,14H2,1H3. The number of hydrogen-bond acceptors (Lipinski definition) is 10. The molecule has 6 rings (SSSR count). The van der Waals surface area contributed by atoms with Crippen molar-refractivity contribution in [1.82, 2.24) is 15.2 Å². The van der Waals surface area contributed by atoms with Crippen LogP contribution in [0.3, 0.4) is 0 Å². The van der Waals surface area contributed by atoms with Crippen molar-refractivity contribution in [1.29, 1.82) is 0 Å². The van der Waals surface area contributed by atoms with Crippen molar-refractivity contribution in [2.24, 2.45) is 0 Å². The van der Waals surface area contributed by atoms with Gasteiger partial charge in [0.05, 0.1) is 18.7 Å². The second-order valence-electron chi connectivity index (χ2n) is 8.68. The molecule has 3 aromatic heterocycles. The van der Waals surface area contributed by atoms with Gasteiger partial charge < -0.3 is 14.3 Å². The number of thioether (sulfide) groups is 1. The first-order valence-electron chi connectivity index (χ1n) is 11.9. The molecular formula is C28H19FN4O5S2. The number of carbonyl (C=O) groups excluding carboxylic acids is 2. The lowest BCUT2D eigenvalue weighted by atomic mass is 9.96. The number of nitrogens with zero attached hydrogens (tertiary/aromatic N) is 4. The molecule has 0 fully saturated rings. The average molecular weight is 575 g/mol. The molecule has 4 heterocycles. The van der Waals surface area contributed by atoms with E-state index in [0.29, 0.717) is 37.9 Å². The fourth-order valence-corrected chi connectivity index (χ4v) is 6.30. The highest BCUT2D eigenvalue weighted by molar-refractivity contribution is 8.00. The van der Waals surface area contributed by atoms with Crippen molar-refractivity contribution in [3.05, 3.63) is 107 Å². The predicted octanol–water partition coefficient (Wildman–Crippen LogP) is 5.90. The van der Waals surface area contributed by atoms with E-state index in [4.69, 9.17) is 9.15 Å². The van der Waals surface area contributed by atoms with Gasteiger partial charge in [0.1, 0.15) is 5.82 Å². The molecule has 0 aliphatic carbocycles. The number of halogens is 1. The maximum Gasteiger partial charge on any atom is 0.296 e. The smallest absolute Gasteiger partial charge is 0.296 e. The van der Waals surface area contributed by atoms with E-state index in [1.165, 1.54) is 42.1 Å². The lowest BCUT2D eigenvalue weighted by Crippen LogP contribution is -2.31. The number of carbonyl (C=O) groups is 2. The molecule has 0 saturated heterocycles. The predicted molar refractivity (Wildman–Crippen MR) is 147 cm³/mol. The number of ketones is 1. The number of aliphatic hydroxyl groups excluding tert-OH is 1. The summed E-state index contributed by atoms with van der Waals surface area (Å²) in [6, 6.07) is 15.5. The molecule has 9 nitrogen and oxygen atoms in total. The van der Waals surface area contributed by atoms with E-state index in [2.05, 4.69) is 15.2 Å². The number of furan rings is 1. The van der Waals surface area contributed by atoms with Crippen LogP contribution in [0.5, 0.6) is 5.75 Å². The van der Waals surface area contributed by atoms with Gasteiger partial charge in [-0.15, -0.1) is 10.2 Å². The van der Waals surface area contributed by atoms with Gasteiger partial charge in [0.2, 0.25) is 10.9 Å². The summed E-state index contributed by atoms with van der Waals surface area (Å²) in [5.74, 6) is -1.84. The van der Waals surface area contributed by atoms with Crippen molar-refractivity contribution >= 4 is 50.9 Å². The van der Waals surface area contributed by atoms with Crippen LogP contribution in [0.25, 0.3) is 11.0 Å². The van der Waals surface area contributed by atoms with E-state index in [-0.39, 0.29) is 22.3 Å². The van der Waals surface area contributed by atoms with Crippen LogP contribution in [-0.2, 0) is 10.5 Å². The zero-order valence-electron chi connectivity index (χ0n) is 20.8. The molecular weight excluding hydrogens is 555 g/mol. The molecule has 40 heavy (non-hydrogen) atoms. The number of para-hydroxylation sites is 1. The Balaban J connectivity index is 1.36. The number of amides is 1. The van der Waals surface area contributed by atoms with Gasteiger partial charge in [-0.2, -0.15) is 0 Å². The quantitative estimate of drug-likeness (QED) is 0.137. The summed E-state index contributed by atoms with van der Waals surface area (Å²) in [6.07, 6.45) is 3.07. The first kappa shape index (κ1) is 25.7. The number of methoxy groups -OCH3 is 1. The molecule has 1 unspecified atom stereocenters. The molecule has 1 N–H and O–H groups in total. The summed E-state index contributed by atoms with van der Waals surface area (Å²) in [6.45, 7) is 0. The van der Waals surface area contributed by atoms with Gasteiger partial charge in [0.15, 0.2) is 27.2 Å². The highest BCUT2D eigenvalue weighted by Gasteiger charge is 2.47. The fourth-order valence-electron chi connectivity index (χ4n) is 4.44. The monoisotopic (exact) mass is 574 g/mol. The Hall–Kier alpha value is -4.55. The maximum atomic E-state index is 14.1. The van der Waals surface area contributed by atoms with Crippen LogP contribution in [0.2, 0.25) is 0 Å². The zero-order valence-corrected chi connectivity index (χ0v) is 22.4. The number of fused-ring (bicyclic) bond motifs is 1. The zero-order chi connectivity index (χ0) is 27.8. The third kappa shape index (κ3) is 4.50. The van der Waals surface area contributed by atoms with E-state index in [1.54, 1.807) is 54.7 Å². The highest BCUT2D eigenvalue weighted by Crippen LogP contribution is 2.44. The lowest BCUT2D eigenvalue weighted by Gasteiger charge is -2.23. The van der Waals surface area contributed by atoms with Crippen molar-refractivity contribution in [2.75, 3.05) is 12.0 Å². The van der Waals surface area contributed by atoms with Gasteiger partial charge >= 0.3 is 0 Å². The maximum absolute atomic E-state index is 14.1. The number of anilines is 1. The number of aliphatic hydroxyl groups is 1. The van der Waals surface area contributed by atoms with Crippen LogP contribution < -0.4 is 9.64 Å². The Kier molecular flexibility index (Phi) is 6.78. The van der Waals surface area contributed by atoms with Gasteiger partial charge in [-0.25, -0.2) is 4.39 Å². The molecule has 1 aliphatic heterocycles. The van der Waals surface area contributed by atoms with E-state index in [0.717, 1.165) is 11.3 Å². The minimum atomic E-state index is -1.04. The second-order valence-corrected chi connectivity index (χ2v) is 10.9. The number of hydrogen-bond donors (Lipinski definition) is 1. The molecule has 0 saturated carbocycles. The van der Waals surface area contributed by atoms with Crippen molar-refractivity contribution < 1.29 is 28.2 Å². The molecule has 5 aromatic rings. The first-order valence-corrected chi connectivity index (χ1v) is 13.7. The van der Waals surface area contributed by atoms with Gasteiger partial charge in [-0.05, 0) is 35.4 Å². The molecule has 0 bridgehead atoms. The summed E-state index contributed by atoms with van der Waals surface area (Å²) in [4.78, 5) is 32.6. The molecule has 12 heteroatoms. The van der Waals surface area contributed by atoms with Gasteiger partial charge in [0.25, 0.3) is 5.91 Å². The second kappa shape index (κ2) is 10.5. The summed E-state index contributed by atoms with van der Waals surface area (Å²) in [5.41, 5.74) is 1.18. The van der Waals surface area contributed by atoms with E-state index < -0.39 is 23.5 Å². The van der Waals surface area contributed by atoms with Crippen LogP contribution in [0.15, 0.2) is 93.1 Å². The molecule has 2 aromatic carbocycles. The molecule has 0 radical (unpaired) electrons. The Morgan fingerprint density at radius 1 is 1.18 bits per heavy atom. The molecule has 1 atom stereocenters. The number of aromatic nitrogens is 3. The number of Topliss-reactive ketones (excluding diaryl/α,β-unsaturated/α-hetero) is 1.